The molecular weight excluding hydrogens is 408 g/mol. The molecule has 2 aromatic rings. The summed E-state index contributed by atoms with van der Waals surface area (Å²) in [7, 11) is -3.75. The smallest absolute Gasteiger partial charge is 0.243 e. The predicted octanol–water partition coefficient (Wildman–Crippen LogP) is 4.08. The number of sulfonamides is 1. The van der Waals surface area contributed by atoms with E-state index in [2.05, 4.69) is 5.32 Å². The monoisotopic (exact) mass is 432 g/mol. The number of hydrogen-bond acceptors (Lipinski definition) is 3. The maximum atomic E-state index is 13.4. The lowest BCUT2D eigenvalue weighted by molar-refractivity contribution is -0.122. The Morgan fingerprint density at radius 2 is 1.76 bits per heavy atom. The van der Waals surface area contributed by atoms with Crippen molar-refractivity contribution in [2.24, 2.45) is 0 Å². The summed E-state index contributed by atoms with van der Waals surface area (Å²) in [6.45, 7) is 0.351. The summed E-state index contributed by atoms with van der Waals surface area (Å²) in [4.78, 5) is 13.0. The molecule has 0 radical (unpaired) electrons. The third-order valence-electron chi connectivity index (χ3n) is 5.88. The molecule has 5 nitrogen and oxygen atoms in total. The van der Waals surface area contributed by atoms with Gasteiger partial charge in [0.25, 0.3) is 0 Å². The van der Waals surface area contributed by atoms with E-state index >= 15 is 0 Å². The summed E-state index contributed by atoms with van der Waals surface area (Å²) >= 11 is 5.93. The SMILES string of the molecule is O=C(C[C@H]1c2ccccc2CCN1S(=O)(=O)c1ccc(Cl)cc1)NC1CCCC1. The van der Waals surface area contributed by atoms with Gasteiger partial charge in [0, 0.05) is 24.0 Å². The van der Waals surface area contributed by atoms with E-state index in [9.17, 15) is 13.2 Å². The summed E-state index contributed by atoms with van der Waals surface area (Å²) < 4.78 is 28.3. The standard InChI is InChI=1S/C22H25ClN2O3S/c23-17-9-11-19(12-10-17)29(27,28)25-14-13-16-5-1-4-8-20(16)21(25)15-22(26)24-18-6-2-3-7-18/h1,4-5,8-12,18,21H,2-3,6-7,13-15H2,(H,24,26)/t21-/m0/s1. The Labute approximate surface area is 177 Å². The van der Waals surface area contributed by atoms with E-state index in [1.54, 1.807) is 12.1 Å². The van der Waals surface area contributed by atoms with Crippen LogP contribution >= 0.6 is 11.6 Å². The number of rotatable bonds is 5. The highest BCUT2D eigenvalue weighted by molar-refractivity contribution is 7.89. The van der Waals surface area contributed by atoms with Crippen LogP contribution in [0.4, 0.5) is 0 Å². The fraction of sp³-hybridized carbons (Fsp3) is 0.409. The van der Waals surface area contributed by atoms with Crippen LogP contribution in [0.25, 0.3) is 0 Å². The molecule has 0 aromatic heterocycles. The Bertz CT molecular complexity index is 985. The average molecular weight is 433 g/mol. The van der Waals surface area contributed by atoms with Crippen molar-refractivity contribution in [3.8, 4) is 0 Å². The second kappa shape index (κ2) is 8.46. The number of nitrogens with one attached hydrogen (secondary N) is 1. The summed E-state index contributed by atoms with van der Waals surface area (Å²) in [5.41, 5.74) is 2.02. The summed E-state index contributed by atoms with van der Waals surface area (Å²) in [6.07, 6.45) is 5.02. The van der Waals surface area contributed by atoms with Gasteiger partial charge >= 0.3 is 0 Å². The first-order chi connectivity index (χ1) is 13.9. The molecule has 4 rings (SSSR count). The number of hydrogen-bond donors (Lipinski definition) is 1. The molecule has 1 heterocycles. The Morgan fingerprint density at radius 1 is 1.07 bits per heavy atom. The Morgan fingerprint density at radius 3 is 2.48 bits per heavy atom. The second-order valence-corrected chi connectivity index (χ2v) is 10.1. The van der Waals surface area contributed by atoms with Crippen LogP contribution in [-0.2, 0) is 21.2 Å². The zero-order valence-corrected chi connectivity index (χ0v) is 17.8. The van der Waals surface area contributed by atoms with Crippen molar-refractivity contribution in [2.45, 2.75) is 55.5 Å². The lowest BCUT2D eigenvalue weighted by Gasteiger charge is -2.36. The molecule has 1 amide bonds. The van der Waals surface area contributed by atoms with Crippen LogP contribution in [0, 0.1) is 0 Å². The largest absolute Gasteiger partial charge is 0.353 e. The Hall–Kier alpha value is -1.89. The molecule has 154 valence electrons. The average Bonchev–Trinajstić information content (AvgIpc) is 3.21. The number of carbonyl (C=O) groups is 1. The quantitative estimate of drug-likeness (QED) is 0.774. The van der Waals surface area contributed by atoms with E-state index in [4.69, 9.17) is 11.6 Å². The summed E-state index contributed by atoms with van der Waals surface area (Å²) in [5.74, 6) is -0.0880. The lowest BCUT2D eigenvalue weighted by Crippen LogP contribution is -2.43. The van der Waals surface area contributed by atoms with Crippen molar-refractivity contribution in [1.29, 1.82) is 0 Å². The number of benzene rings is 2. The molecule has 1 atom stereocenters. The van der Waals surface area contributed by atoms with Crippen molar-refractivity contribution in [3.63, 3.8) is 0 Å². The fourth-order valence-electron chi connectivity index (χ4n) is 4.40. The molecule has 1 aliphatic heterocycles. The van der Waals surface area contributed by atoms with Gasteiger partial charge in [0.05, 0.1) is 10.9 Å². The van der Waals surface area contributed by atoms with Crippen LogP contribution in [0.15, 0.2) is 53.4 Å². The maximum absolute atomic E-state index is 13.4. The fourth-order valence-corrected chi connectivity index (χ4v) is 6.13. The minimum absolute atomic E-state index is 0.0880. The normalized spacial score (nSPS) is 20.4. The van der Waals surface area contributed by atoms with Crippen molar-refractivity contribution >= 4 is 27.5 Å². The third-order valence-corrected chi connectivity index (χ3v) is 8.06. The second-order valence-electron chi connectivity index (χ2n) is 7.79. The third kappa shape index (κ3) is 4.34. The van der Waals surface area contributed by atoms with Crippen LogP contribution in [0.1, 0.15) is 49.3 Å². The van der Waals surface area contributed by atoms with E-state index in [-0.39, 0.29) is 23.3 Å². The predicted molar refractivity (Wildman–Crippen MR) is 113 cm³/mol. The number of amides is 1. The van der Waals surface area contributed by atoms with E-state index in [0.717, 1.165) is 36.8 Å². The van der Waals surface area contributed by atoms with Gasteiger partial charge in [0.2, 0.25) is 15.9 Å². The van der Waals surface area contributed by atoms with Crippen LogP contribution in [0.3, 0.4) is 0 Å². The minimum atomic E-state index is -3.75. The molecule has 1 aliphatic carbocycles. The molecule has 7 heteroatoms. The van der Waals surface area contributed by atoms with Gasteiger partial charge in [0.15, 0.2) is 0 Å². The van der Waals surface area contributed by atoms with Crippen molar-refractivity contribution in [3.05, 3.63) is 64.7 Å². The zero-order valence-electron chi connectivity index (χ0n) is 16.2. The van der Waals surface area contributed by atoms with Crippen molar-refractivity contribution < 1.29 is 13.2 Å². The lowest BCUT2D eigenvalue weighted by atomic mass is 9.92. The Balaban J connectivity index is 1.64. The van der Waals surface area contributed by atoms with E-state index in [0.29, 0.717) is 18.0 Å². The molecule has 1 saturated carbocycles. The summed E-state index contributed by atoms with van der Waals surface area (Å²) in [6, 6.07) is 13.7. The first-order valence-corrected chi connectivity index (χ1v) is 11.9. The van der Waals surface area contributed by atoms with Crippen molar-refractivity contribution in [1.82, 2.24) is 9.62 Å². The first-order valence-electron chi connectivity index (χ1n) is 10.1. The molecule has 0 spiro atoms. The molecule has 1 fully saturated rings. The van der Waals surface area contributed by atoms with Gasteiger partial charge in [-0.25, -0.2) is 8.42 Å². The highest BCUT2D eigenvalue weighted by Gasteiger charge is 2.37. The van der Waals surface area contributed by atoms with Gasteiger partial charge < -0.3 is 5.32 Å². The molecule has 2 aromatic carbocycles. The van der Waals surface area contributed by atoms with Gasteiger partial charge in [-0.3, -0.25) is 4.79 Å². The number of nitrogens with zero attached hydrogens (tertiary/aromatic N) is 1. The van der Waals surface area contributed by atoms with Crippen LogP contribution < -0.4 is 5.32 Å². The number of fused-ring (bicyclic) bond motifs is 1. The number of carbonyl (C=O) groups excluding carboxylic acids is 1. The molecule has 1 N–H and O–H groups in total. The van der Waals surface area contributed by atoms with Gasteiger partial charge in [-0.05, 0) is 54.7 Å². The maximum Gasteiger partial charge on any atom is 0.243 e. The van der Waals surface area contributed by atoms with Crippen LogP contribution in [-0.4, -0.2) is 31.2 Å². The van der Waals surface area contributed by atoms with E-state index < -0.39 is 16.1 Å². The summed E-state index contributed by atoms with van der Waals surface area (Å²) in [5, 5.41) is 3.58. The first kappa shape index (κ1) is 20.4. The van der Waals surface area contributed by atoms with Crippen LogP contribution in [0.2, 0.25) is 5.02 Å². The molecule has 29 heavy (non-hydrogen) atoms. The van der Waals surface area contributed by atoms with Gasteiger partial charge in [-0.2, -0.15) is 4.31 Å². The molecule has 0 bridgehead atoms. The topological polar surface area (TPSA) is 66.5 Å². The van der Waals surface area contributed by atoms with Gasteiger partial charge in [0.1, 0.15) is 0 Å². The van der Waals surface area contributed by atoms with Gasteiger partial charge in [-0.15, -0.1) is 0 Å². The molecule has 2 aliphatic rings. The minimum Gasteiger partial charge on any atom is -0.353 e. The Kier molecular flexibility index (Phi) is 5.95. The van der Waals surface area contributed by atoms with E-state index in [1.807, 2.05) is 24.3 Å². The highest BCUT2D eigenvalue weighted by Crippen LogP contribution is 2.36. The molecule has 0 saturated heterocycles. The molecular formula is C22H25ClN2O3S. The van der Waals surface area contributed by atoms with Crippen molar-refractivity contribution in [2.75, 3.05) is 6.54 Å². The van der Waals surface area contributed by atoms with E-state index in [1.165, 1.54) is 16.4 Å². The molecule has 0 unspecified atom stereocenters. The number of halogens is 1. The highest BCUT2D eigenvalue weighted by atomic mass is 35.5. The van der Waals surface area contributed by atoms with Crippen LogP contribution in [0.5, 0.6) is 0 Å². The zero-order chi connectivity index (χ0) is 20.4. The van der Waals surface area contributed by atoms with Gasteiger partial charge in [-0.1, -0.05) is 48.7 Å².